The number of imidazole rings is 2. The van der Waals surface area contributed by atoms with Crippen molar-refractivity contribution in [2.75, 3.05) is 23.7 Å². The number of hydrogen-bond acceptors (Lipinski definition) is 6. The number of para-hydroxylation sites is 2. The SMILES string of the molecule is Nc1nc(N2CCCC(c3nc4ccccc4[nH]3)C2)c2[nH]cnc2n1. The normalized spacial score (nSPS) is 18.2. The molecule has 1 fully saturated rings. The van der Waals surface area contributed by atoms with Crippen LogP contribution < -0.4 is 10.6 Å². The van der Waals surface area contributed by atoms with E-state index in [1.165, 1.54) is 0 Å². The molecule has 126 valence electrons. The Morgan fingerprint density at radius 1 is 1.16 bits per heavy atom. The number of piperidine rings is 1. The van der Waals surface area contributed by atoms with Crippen molar-refractivity contribution in [3.8, 4) is 0 Å². The summed E-state index contributed by atoms with van der Waals surface area (Å²) in [6.07, 6.45) is 3.80. The lowest BCUT2D eigenvalue weighted by Gasteiger charge is -2.32. The van der Waals surface area contributed by atoms with E-state index in [0.29, 0.717) is 11.6 Å². The van der Waals surface area contributed by atoms with Gasteiger partial charge in [0, 0.05) is 19.0 Å². The summed E-state index contributed by atoms with van der Waals surface area (Å²) >= 11 is 0. The smallest absolute Gasteiger partial charge is 0.224 e. The zero-order valence-corrected chi connectivity index (χ0v) is 13.6. The van der Waals surface area contributed by atoms with Gasteiger partial charge >= 0.3 is 0 Å². The third kappa shape index (κ3) is 2.37. The van der Waals surface area contributed by atoms with E-state index in [9.17, 15) is 0 Å². The molecule has 3 aromatic heterocycles. The molecule has 5 rings (SSSR count). The van der Waals surface area contributed by atoms with Gasteiger partial charge in [-0.05, 0) is 25.0 Å². The molecule has 1 aromatic carbocycles. The van der Waals surface area contributed by atoms with Gasteiger partial charge in [0.25, 0.3) is 0 Å². The molecule has 4 heterocycles. The van der Waals surface area contributed by atoms with Gasteiger partial charge < -0.3 is 20.6 Å². The number of hydrogen-bond donors (Lipinski definition) is 3. The summed E-state index contributed by atoms with van der Waals surface area (Å²) in [5.74, 6) is 2.44. The van der Waals surface area contributed by atoms with Crippen molar-refractivity contribution in [2.45, 2.75) is 18.8 Å². The fourth-order valence-corrected chi connectivity index (χ4v) is 3.62. The van der Waals surface area contributed by atoms with Crippen molar-refractivity contribution >= 4 is 34.0 Å². The van der Waals surface area contributed by atoms with Gasteiger partial charge in [-0.1, -0.05) is 12.1 Å². The number of benzene rings is 1. The highest BCUT2D eigenvalue weighted by Gasteiger charge is 2.26. The minimum absolute atomic E-state index is 0.250. The molecule has 8 heteroatoms. The van der Waals surface area contributed by atoms with E-state index in [0.717, 1.165) is 54.1 Å². The minimum Gasteiger partial charge on any atom is -0.368 e. The largest absolute Gasteiger partial charge is 0.368 e. The summed E-state index contributed by atoms with van der Waals surface area (Å²) in [5, 5.41) is 0. The van der Waals surface area contributed by atoms with Crippen LogP contribution in [-0.4, -0.2) is 43.0 Å². The Bertz CT molecular complexity index is 1020. The molecule has 25 heavy (non-hydrogen) atoms. The quantitative estimate of drug-likeness (QED) is 0.518. The first-order valence-electron chi connectivity index (χ1n) is 8.44. The number of nitrogen functional groups attached to an aromatic ring is 1. The molecule has 1 atom stereocenters. The summed E-state index contributed by atoms with van der Waals surface area (Å²) in [7, 11) is 0. The summed E-state index contributed by atoms with van der Waals surface area (Å²) in [5.41, 5.74) is 9.40. The van der Waals surface area contributed by atoms with E-state index in [2.05, 4.69) is 35.9 Å². The summed E-state index contributed by atoms with van der Waals surface area (Å²) < 4.78 is 0. The second-order valence-corrected chi connectivity index (χ2v) is 6.43. The Morgan fingerprint density at radius 3 is 3.00 bits per heavy atom. The zero-order chi connectivity index (χ0) is 16.8. The predicted octanol–water partition coefficient (Wildman–Crippen LogP) is 2.20. The monoisotopic (exact) mass is 334 g/mol. The van der Waals surface area contributed by atoms with Gasteiger partial charge in [-0.25, -0.2) is 9.97 Å². The standard InChI is InChI=1S/C17H18N8/c18-17-23-15-13(19-9-20-15)16(24-17)25-7-3-4-10(8-25)14-21-11-5-1-2-6-12(11)22-14/h1-2,5-6,9-10H,3-4,7-8H2,(H,21,22)(H3,18,19,20,23,24). The molecule has 4 aromatic rings. The van der Waals surface area contributed by atoms with Crippen LogP contribution in [-0.2, 0) is 0 Å². The number of rotatable bonds is 2. The third-order valence-corrected chi connectivity index (χ3v) is 4.80. The predicted molar refractivity (Wildman–Crippen MR) is 96.4 cm³/mol. The topological polar surface area (TPSA) is 112 Å². The van der Waals surface area contributed by atoms with Crippen molar-refractivity contribution < 1.29 is 0 Å². The van der Waals surface area contributed by atoms with Crippen LogP contribution in [0, 0.1) is 0 Å². The van der Waals surface area contributed by atoms with Gasteiger partial charge in [0.05, 0.1) is 17.4 Å². The van der Waals surface area contributed by atoms with Crippen LogP contribution in [0.3, 0.4) is 0 Å². The highest BCUT2D eigenvalue weighted by molar-refractivity contribution is 5.84. The van der Waals surface area contributed by atoms with Crippen LogP contribution in [0.2, 0.25) is 0 Å². The van der Waals surface area contributed by atoms with E-state index in [1.54, 1.807) is 6.33 Å². The molecular formula is C17H18N8. The molecule has 0 aliphatic carbocycles. The maximum atomic E-state index is 5.87. The lowest BCUT2D eigenvalue weighted by molar-refractivity contribution is 0.493. The van der Waals surface area contributed by atoms with Crippen molar-refractivity contribution in [1.82, 2.24) is 29.9 Å². The number of fused-ring (bicyclic) bond motifs is 2. The number of nitrogens with two attached hydrogens (primary N) is 1. The molecule has 0 radical (unpaired) electrons. The molecule has 0 bridgehead atoms. The summed E-state index contributed by atoms with van der Waals surface area (Å²) in [4.78, 5) is 26.5. The van der Waals surface area contributed by atoms with Crippen LogP contribution >= 0.6 is 0 Å². The molecular weight excluding hydrogens is 316 g/mol. The first-order valence-corrected chi connectivity index (χ1v) is 8.44. The van der Waals surface area contributed by atoms with Crippen LogP contribution in [0.1, 0.15) is 24.6 Å². The molecule has 0 saturated carbocycles. The van der Waals surface area contributed by atoms with Crippen LogP contribution in [0.25, 0.3) is 22.2 Å². The Labute approximate surface area is 143 Å². The maximum absolute atomic E-state index is 5.87. The third-order valence-electron chi connectivity index (χ3n) is 4.80. The van der Waals surface area contributed by atoms with E-state index in [-0.39, 0.29) is 5.95 Å². The number of H-pyrrole nitrogens is 2. The van der Waals surface area contributed by atoms with E-state index in [1.807, 2.05) is 18.2 Å². The highest BCUT2D eigenvalue weighted by Crippen LogP contribution is 2.31. The minimum atomic E-state index is 0.250. The lowest BCUT2D eigenvalue weighted by Crippen LogP contribution is -2.35. The molecule has 0 spiro atoms. The molecule has 1 saturated heterocycles. The molecule has 1 unspecified atom stereocenters. The van der Waals surface area contributed by atoms with Crippen LogP contribution in [0.4, 0.5) is 11.8 Å². The van der Waals surface area contributed by atoms with Crippen molar-refractivity contribution in [2.24, 2.45) is 0 Å². The van der Waals surface area contributed by atoms with Gasteiger partial charge in [-0.15, -0.1) is 0 Å². The fraction of sp³-hybridized carbons (Fsp3) is 0.294. The van der Waals surface area contributed by atoms with Gasteiger partial charge in [-0.3, -0.25) is 0 Å². The number of nitrogens with zero attached hydrogens (tertiary/aromatic N) is 5. The zero-order valence-electron chi connectivity index (χ0n) is 13.6. The number of aromatic nitrogens is 6. The highest BCUT2D eigenvalue weighted by atomic mass is 15.2. The fourth-order valence-electron chi connectivity index (χ4n) is 3.62. The molecule has 4 N–H and O–H groups in total. The number of nitrogens with one attached hydrogen (secondary N) is 2. The number of aromatic amines is 2. The maximum Gasteiger partial charge on any atom is 0.224 e. The van der Waals surface area contributed by atoms with Gasteiger partial charge in [0.15, 0.2) is 11.5 Å². The van der Waals surface area contributed by atoms with Gasteiger partial charge in [0.2, 0.25) is 5.95 Å². The van der Waals surface area contributed by atoms with Crippen molar-refractivity contribution in [1.29, 1.82) is 0 Å². The Balaban J connectivity index is 1.50. The first kappa shape index (κ1) is 14.2. The Hall–Kier alpha value is -3.16. The second kappa shape index (κ2) is 5.44. The second-order valence-electron chi connectivity index (χ2n) is 6.43. The average Bonchev–Trinajstić information content (AvgIpc) is 3.27. The molecule has 8 nitrogen and oxygen atoms in total. The molecule has 1 aliphatic heterocycles. The molecule has 1 aliphatic rings. The van der Waals surface area contributed by atoms with E-state index < -0.39 is 0 Å². The van der Waals surface area contributed by atoms with Crippen LogP contribution in [0.15, 0.2) is 30.6 Å². The van der Waals surface area contributed by atoms with E-state index in [4.69, 9.17) is 10.7 Å². The Morgan fingerprint density at radius 2 is 2.08 bits per heavy atom. The lowest BCUT2D eigenvalue weighted by atomic mass is 9.97. The first-order chi connectivity index (χ1) is 12.3. The summed E-state index contributed by atoms with van der Waals surface area (Å²) in [6, 6.07) is 8.13. The van der Waals surface area contributed by atoms with Crippen molar-refractivity contribution in [3.05, 3.63) is 36.4 Å². The van der Waals surface area contributed by atoms with E-state index >= 15 is 0 Å². The van der Waals surface area contributed by atoms with Crippen LogP contribution in [0.5, 0.6) is 0 Å². The summed E-state index contributed by atoms with van der Waals surface area (Å²) in [6.45, 7) is 1.77. The van der Waals surface area contributed by atoms with Crippen molar-refractivity contribution in [3.63, 3.8) is 0 Å². The molecule has 0 amide bonds. The number of anilines is 2. The van der Waals surface area contributed by atoms with Gasteiger partial charge in [-0.2, -0.15) is 9.97 Å². The van der Waals surface area contributed by atoms with Gasteiger partial charge in [0.1, 0.15) is 11.3 Å². The average molecular weight is 334 g/mol. The Kier molecular flexibility index (Phi) is 3.09.